The van der Waals surface area contributed by atoms with Gasteiger partial charge in [-0.05, 0) is 75.4 Å². The van der Waals surface area contributed by atoms with E-state index in [2.05, 4.69) is 21.7 Å². The van der Waals surface area contributed by atoms with Gasteiger partial charge in [0.05, 0.1) is 22.1 Å². The molecule has 1 aromatic carbocycles. The standard InChI is InChI=1S/C28H29F3N6O4S.H2S/c1-18-14-26(2,3)36(16-18)24-21(25(38)35-42(39,40)20-6-4-19(15-32)5-7-20)8-9-22(33-24)37-13-10-23(34-37)41-17-27(11-12-27)28(29,30)31;/h4-10,13,18H,11-12,14,16-17H2,1-3H3,(H,35,38);1H2/t18-;/m0./s1. The van der Waals surface area contributed by atoms with Crippen molar-refractivity contribution in [2.75, 3.05) is 18.1 Å². The van der Waals surface area contributed by atoms with Crippen LogP contribution in [0.15, 0.2) is 53.6 Å². The van der Waals surface area contributed by atoms with Crippen LogP contribution in [0.3, 0.4) is 0 Å². The second-order valence-electron chi connectivity index (χ2n) is 11.5. The number of ether oxygens (including phenoxy) is 1. The van der Waals surface area contributed by atoms with E-state index in [9.17, 15) is 26.4 Å². The smallest absolute Gasteiger partial charge is 0.397 e. The number of pyridine rings is 1. The van der Waals surface area contributed by atoms with Crippen LogP contribution in [-0.4, -0.2) is 54.0 Å². The fourth-order valence-corrected chi connectivity index (χ4v) is 6.20. The first-order valence-corrected chi connectivity index (χ1v) is 14.7. The summed E-state index contributed by atoms with van der Waals surface area (Å²) in [6.45, 7) is 6.08. The van der Waals surface area contributed by atoms with Crippen molar-refractivity contribution in [3.63, 3.8) is 0 Å². The molecule has 1 saturated carbocycles. The molecule has 0 unspecified atom stereocenters. The number of halogens is 3. The summed E-state index contributed by atoms with van der Waals surface area (Å²) in [5, 5.41) is 13.2. The minimum Gasteiger partial charge on any atom is -0.476 e. The summed E-state index contributed by atoms with van der Waals surface area (Å²) < 4.78 is 74.6. The van der Waals surface area contributed by atoms with Gasteiger partial charge in [-0.2, -0.15) is 31.9 Å². The molecular formula is C28H31F3N6O4S2. The molecule has 3 aromatic rings. The first-order valence-electron chi connectivity index (χ1n) is 13.3. The third-order valence-corrected chi connectivity index (χ3v) is 9.05. The van der Waals surface area contributed by atoms with E-state index in [1.807, 2.05) is 24.8 Å². The minimum absolute atomic E-state index is 0. The number of hydrogen-bond donors (Lipinski definition) is 1. The number of rotatable bonds is 8. The Balaban J connectivity index is 0.00000423. The summed E-state index contributed by atoms with van der Waals surface area (Å²) in [7, 11) is -4.26. The van der Waals surface area contributed by atoms with E-state index in [-0.39, 0.29) is 65.8 Å². The van der Waals surface area contributed by atoms with Gasteiger partial charge in [0.15, 0.2) is 5.82 Å². The highest BCUT2D eigenvalue weighted by atomic mass is 32.2. The molecule has 0 radical (unpaired) electrons. The van der Waals surface area contributed by atoms with Crippen LogP contribution in [0.4, 0.5) is 19.0 Å². The zero-order chi connectivity index (χ0) is 30.5. The molecule has 3 heterocycles. The fraction of sp³-hybridized carbons (Fsp3) is 0.429. The van der Waals surface area contributed by atoms with Gasteiger partial charge >= 0.3 is 6.18 Å². The van der Waals surface area contributed by atoms with Crippen molar-refractivity contribution in [2.24, 2.45) is 11.3 Å². The highest BCUT2D eigenvalue weighted by molar-refractivity contribution is 7.90. The number of nitriles is 1. The number of amides is 1. The fourth-order valence-electron chi connectivity index (χ4n) is 5.24. The molecule has 1 aliphatic carbocycles. The van der Waals surface area contributed by atoms with Crippen molar-refractivity contribution in [2.45, 2.75) is 56.6 Å². The van der Waals surface area contributed by atoms with Crippen molar-refractivity contribution in [1.82, 2.24) is 19.5 Å². The number of sulfonamides is 1. The zero-order valence-electron chi connectivity index (χ0n) is 23.6. The quantitative estimate of drug-likeness (QED) is 0.376. The van der Waals surface area contributed by atoms with Crippen LogP contribution >= 0.6 is 13.5 Å². The summed E-state index contributed by atoms with van der Waals surface area (Å²) >= 11 is 0. The van der Waals surface area contributed by atoms with Gasteiger partial charge in [0.2, 0.25) is 5.88 Å². The predicted molar refractivity (Wildman–Crippen MR) is 156 cm³/mol. The van der Waals surface area contributed by atoms with Gasteiger partial charge in [-0.15, -0.1) is 5.10 Å². The molecule has 1 amide bonds. The SMILES string of the molecule is C[C@@H]1CN(c2nc(-n3ccc(OCC4(C(F)(F)F)CC4)n3)ccc2C(=O)NS(=O)(=O)c2ccc(C#N)cc2)C(C)(C)C1.S. The summed E-state index contributed by atoms with van der Waals surface area (Å²) in [6.07, 6.45) is -2.05. The Labute approximate surface area is 254 Å². The number of carbonyl (C=O) groups is 1. The molecule has 0 bridgehead atoms. The maximum absolute atomic E-state index is 13.4. The minimum atomic E-state index is -4.35. The highest BCUT2D eigenvalue weighted by Crippen LogP contribution is 2.57. The van der Waals surface area contributed by atoms with Crippen molar-refractivity contribution in [1.29, 1.82) is 5.26 Å². The van der Waals surface area contributed by atoms with Crippen LogP contribution in [0.25, 0.3) is 5.82 Å². The lowest BCUT2D eigenvalue weighted by molar-refractivity contribution is -0.194. The third-order valence-electron chi connectivity index (χ3n) is 7.71. The van der Waals surface area contributed by atoms with Crippen LogP contribution in [0.2, 0.25) is 0 Å². The monoisotopic (exact) mass is 636 g/mol. The molecule has 2 aromatic heterocycles. The van der Waals surface area contributed by atoms with Crippen molar-refractivity contribution < 1.29 is 31.1 Å². The topological polar surface area (TPSA) is 130 Å². The number of nitrogens with one attached hydrogen (secondary N) is 1. The summed E-state index contributed by atoms with van der Waals surface area (Å²) in [5.41, 5.74) is -1.97. The molecule has 1 N–H and O–H groups in total. The summed E-state index contributed by atoms with van der Waals surface area (Å²) in [6, 6.07) is 11.4. The van der Waals surface area contributed by atoms with E-state index in [1.54, 1.807) is 0 Å². The Hall–Kier alpha value is -3.77. The van der Waals surface area contributed by atoms with Gasteiger partial charge in [-0.3, -0.25) is 4.79 Å². The molecule has 230 valence electrons. The molecule has 1 aliphatic heterocycles. The second-order valence-corrected chi connectivity index (χ2v) is 13.2. The van der Waals surface area contributed by atoms with Gasteiger partial charge in [-0.1, -0.05) is 6.92 Å². The van der Waals surface area contributed by atoms with Crippen molar-refractivity contribution in [3.8, 4) is 17.8 Å². The Bertz CT molecular complexity index is 1660. The first-order chi connectivity index (χ1) is 19.6. The summed E-state index contributed by atoms with van der Waals surface area (Å²) in [4.78, 5) is 19.8. The second kappa shape index (κ2) is 11.4. The van der Waals surface area contributed by atoms with Crippen LogP contribution in [-0.2, 0) is 10.0 Å². The molecule has 2 fully saturated rings. The van der Waals surface area contributed by atoms with Crippen LogP contribution < -0.4 is 14.4 Å². The van der Waals surface area contributed by atoms with Gasteiger partial charge in [-0.25, -0.2) is 22.8 Å². The van der Waals surface area contributed by atoms with E-state index in [0.717, 1.165) is 6.42 Å². The lowest BCUT2D eigenvalue weighted by atomic mass is 9.97. The van der Waals surface area contributed by atoms with E-state index < -0.39 is 39.7 Å². The van der Waals surface area contributed by atoms with Gasteiger partial charge in [0.1, 0.15) is 17.8 Å². The lowest BCUT2D eigenvalue weighted by Crippen LogP contribution is -2.41. The molecule has 15 heteroatoms. The van der Waals surface area contributed by atoms with E-state index >= 15 is 0 Å². The van der Waals surface area contributed by atoms with E-state index in [1.165, 1.54) is 53.3 Å². The number of alkyl halides is 3. The van der Waals surface area contributed by atoms with Crippen LogP contribution in [0.1, 0.15) is 56.0 Å². The van der Waals surface area contributed by atoms with Gasteiger partial charge in [0.25, 0.3) is 15.9 Å². The Morgan fingerprint density at radius 2 is 1.84 bits per heavy atom. The molecule has 10 nitrogen and oxygen atoms in total. The van der Waals surface area contributed by atoms with Gasteiger partial charge in [0, 0.05) is 24.3 Å². The normalized spacial score (nSPS) is 18.8. The van der Waals surface area contributed by atoms with E-state index in [0.29, 0.717) is 6.54 Å². The Morgan fingerprint density at radius 3 is 2.40 bits per heavy atom. The largest absolute Gasteiger partial charge is 0.476 e. The number of anilines is 1. The third kappa shape index (κ3) is 6.45. The summed E-state index contributed by atoms with van der Waals surface area (Å²) in [5.74, 6) is -0.133. The van der Waals surface area contributed by atoms with E-state index in [4.69, 9.17) is 10.00 Å². The molecule has 1 saturated heterocycles. The number of hydrogen-bond acceptors (Lipinski definition) is 8. The van der Waals surface area contributed by atoms with Crippen LogP contribution in [0, 0.1) is 22.7 Å². The maximum Gasteiger partial charge on any atom is 0.397 e. The number of benzene rings is 1. The molecular weight excluding hydrogens is 605 g/mol. The Morgan fingerprint density at radius 1 is 1.16 bits per heavy atom. The van der Waals surface area contributed by atoms with Crippen molar-refractivity contribution >= 4 is 35.2 Å². The molecule has 5 rings (SSSR count). The van der Waals surface area contributed by atoms with Crippen LogP contribution in [0.5, 0.6) is 5.88 Å². The zero-order valence-corrected chi connectivity index (χ0v) is 25.5. The number of aromatic nitrogens is 3. The van der Waals surface area contributed by atoms with Gasteiger partial charge < -0.3 is 9.64 Å². The highest BCUT2D eigenvalue weighted by Gasteiger charge is 2.64. The Kier molecular flexibility index (Phi) is 8.51. The molecule has 43 heavy (non-hydrogen) atoms. The maximum atomic E-state index is 13.4. The average molecular weight is 637 g/mol. The van der Waals surface area contributed by atoms with Crippen molar-refractivity contribution in [3.05, 3.63) is 59.8 Å². The number of nitrogens with zero attached hydrogens (tertiary/aromatic N) is 5. The molecule has 0 spiro atoms. The predicted octanol–water partition coefficient (Wildman–Crippen LogP) is 4.72. The molecule has 1 atom stereocenters. The number of carbonyl (C=O) groups excluding carboxylic acids is 1. The first kappa shape index (κ1) is 32.2. The average Bonchev–Trinajstić information content (AvgIpc) is 3.50. The molecule has 2 aliphatic rings. The lowest BCUT2D eigenvalue weighted by Gasteiger charge is -2.34.